The van der Waals surface area contributed by atoms with Crippen molar-refractivity contribution in [1.82, 2.24) is 10.5 Å². The van der Waals surface area contributed by atoms with Gasteiger partial charge >= 0.3 is 0 Å². The maximum Gasteiger partial charge on any atom is 0.143 e. The quantitative estimate of drug-likeness (QED) is 0.799. The molecule has 14 heavy (non-hydrogen) atoms. The fraction of sp³-hybridized carbons (Fsp3) is 0.727. The summed E-state index contributed by atoms with van der Waals surface area (Å²) in [5.41, 5.74) is 2.32. The van der Waals surface area contributed by atoms with E-state index in [-0.39, 0.29) is 0 Å². The zero-order valence-electron chi connectivity index (χ0n) is 9.13. The molecule has 0 radical (unpaired) electrons. The highest BCUT2D eigenvalue weighted by Crippen LogP contribution is 2.42. The normalized spacial score (nSPS) is 16.6. The van der Waals surface area contributed by atoms with Gasteiger partial charge in [-0.1, -0.05) is 19.0 Å². The van der Waals surface area contributed by atoms with Gasteiger partial charge in [-0.15, -0.1) is 0 Å². The van der Waals surface area contributed by atoms with Crippen LogP contribution in [0.15, 0.2) is 4.52 Å². The average Bonchev–Trinajstić information content (AvgIpc) is 2.89. The van der Waals surface area contributed by atoms with Crippen LogP contribution in [0.1, 0.15) is 49.6 Å². The van der Waals surface area contributed by atoms with Gasteiger partial charge in [0.25, 0.3) is 0 Å². The number of rotatable bonds is 4. The van der Waals surface area contributed by atoms with Crippen LogP contribution in [0.4, 0.5) is 0 Å². The molecule has 0 saturated heterocycles. The highest BCUT2D eigenvalue weighted by atomic mass is 16.5. The molecule has 3 nitrogen and oxygen atoms in total. The molecule has 0 bridgehead atoms. The van der Waals surface area contributed by atoms with Crippen LogP contribution < -0.4 is 5.32 Å². The Labute approximate surface area is 84.9 Å². The first-order chi connectivity index (χ1) is 6.68. The SMILES string of the molecule is Cc1c(CNC(C)C)noc1C1CC1. The van der Waals surface area contributed by atoms with E-state index >= 15 is 0 Å². The van der Waals surface area contributed by atoms with Gasteiger partial charge < -0.3 is 9.84 Å². The van der Waals surface area contributed by atoms with E-state index in [9.17, 15) is 0 Å². The Morgan fingerprint density at radius 1 is 1.50 bits per heavy atom. The topological polar surface area (TPSA) is 38.1 Å². The van der Waals surface area contributed by atoms with Gasteiger partial charge in [-0.3, -0.25) is 0 Å². The molecule has 0 amide bonds. The number of nitrogens with zero attached hydrogens (tertiary/aromatic N) is 1. The van der Waals surface area contributed by atoms with E-state index in [2.05, 4.69) is 31.2 Å². The standard InChI is InChI=1S/C11H18N2O/c1-7(2)12-6-10-8(3)11(14-13-10)9-4-5-9/h7,9,12H,4-6H2,1-3H3. The summed E-state index contributed by atoms with van der Waals surface area (Å²) in [5.74, 6) is 1.78. The smallest absolute Gasteiger partial charge is 0.143 e. The Bertz CT molecular complexity index is 313. The van der Waals surface area contributed by atoms with Crippen LogP contribution in [0.5, 0.6) is 0 Å². The number of hydrogen-bond acceptors (Lipinski definition) is 3. The van der Waals surface area contributed by atoms with Crippen molar-refractivity contribution in [3.05, 3.63) is 17.0 Å². The third kappa shape index (κ3) is 1.98. The molecule has 1 saturated carbocycles. The number of nitrogens with one attached hydrogen (secondary N) is 1. The molecule has 1 heterocycles. The molecular weight excluding hydrogens is 176 g/mol. The molecule has 1 aromatic heterocycles. The Morgan fingerprint density at radius 2 is 2.21 bits per heavy atom. The molecule has 2 rings (SSSR count). The maximum absolute atomic E-state index is 5.36. The summed E-state index contributed by atoms with van der Waals surface area (Å²) >= 11 is 0. The molecule has 1 aliphatic carbocycles. The first kappa shape index (κ1) is 9.71. The summed E-state index contributed by atoms with van der Waals surface area (Å²) in [5, 5.41) is 7.46. The van der Waals surface area contributed by atoms with E-state index in [0.29, 0.717) is 12.0 Å². The summed E-state index contributed by atoms with van der Waals surface area (Å²) in [4.78, 5) is 0. The molecule has 1 aromatic rings. The van der Waals surface area contributed by atoms with Crippen LogP contribution in [-0.2, 0) is 6.54 Å². The maximum atomic E-state index is 5.36. The van der Waals surface area contributed by atoms with E-state index < -0.39 is 0 Å². The van der Waals surface area contributed by atoms with Crippen molar-refractivity contribution in [3.63, 3.8) is 0 Å². The summed E-state index contributed by atoms with van der Waals surface area (Å²) in [7, 11) is 0. The lowest BCUT2D eigenvalue weighted by molar-refractivity contribution is 0.374. The zero-order valence-corrected chi connectivity index (χ0v) is 9.13. The van der Waals surface area contributed by atoms with Crippen molar-refractivity contribution in [1.29, 1.82) is 0 Å². The van der Waals surface area contributed by atoms with Gasteiger partial charge in [0.2, 0.25) is 0 Å². The highest BCUT2D eigenvalue weighted by Gasteiger charge is 2.30. The second kappa shape index (κ2) is 3.73. The Hall–Kier alpha value is -0.830. The van der Waals surface area contributed by atoms with Crippen molar-refractivity contribution in [2.75, 3.05) is 0 Å². The summed E-state index contributed by atoms with van der Waals surface area (Å²) in [6.45, 7) is 7.20. The van der Waals surface area contributed by atoms with E-state index in [4.69, 9.17) is 4.52 Å². The summed E-state index contributed by atoms with van der Waals surface area (Å²) in [6, 6.07) is 0.496. The molecule has 1 N–H and O–H groups in total. The molecule has 3 heteroatoms. The van der Waals surface area contributed by atoms with Gasteiger partial charge in [0.05, 0.1) is 0 Å². The average molecular weight is 194 g/mol. The third-order valence-electron chi connectivity index (χ3n) is 2.68. The molecule has 0 aliphatic heterocycles. The predicted molar refractivity (Wildman–Crippen MR) is 55.2 cm³/mol. The first-order valence-electron chi connectivity index (χ1n) is 5.37. The first-order valence-corrected chi connectivity index (χ1v) is 5.37. The minimum atomic E-state index is 0.496. The Morgan fingerprint density at radius 3 is 2.79 bits per heavy atom. The molecule has 0 atom stereocenters. The minimum Gasteiger partial charge on any atom is -0.361 e. The molecule has 0 aromatic carbocycles. The van der Waals surface area contributed by atoms with Gasteiger partial charge in [0, 0.05) is 24.1 Å². The number of hydrogen-bond donors (Lipinski definition) is 1. The summed E-state index contributed by atoms with van der Waals surface area (Å²) in [6.07, 6.45) is 2.54. The second-order valence-electron chi connectivity index (χ2n) is 4.43. The van der Waals surface area contributed by atoms with Gasteiger partial charge in [-0.2, -0.15) is 0 Å². The van der Waals surface area contributed by atoms with Gasteiger partial charge in [0.1, 0.15) is 11.5 Å². The minimum absolute atomic E-state index is 0.496. The zero-order chi connectivity index (χ0) is 10.1. The van der Waals surface area contributed by atoms with E-state index in [1.165, 1.54) is 18.4 Å². The lowest BCUT2D eigenvalue weighted by Crippen LogP contribution is -2.22. The predicted octanol–water partition coefficient (Wildman–Crippen LogP) is 2.36. The highest BCUT2D eigenvalue weighted by molar-refractivity contribution is 5.26. The van der Waals surface area contributed by atoms with E-state index in [0.717, 1.165) is 18.0 Å². The molecule has 1 aliphatic rings. The molecule has 78 valence electrons. The number of aromatic nitrogens is 1. The molecule has 1 fully saturated rings. The van der Waals surface area contributed by atoms with Gasteiger partial charge in [-0.25, -0.2) is 0 Å². The van der Waals surface area contributed by atoms with Gasteiger partial charge in [-0.05, 0) is 19.8 Å². The van der Waals surface area contributed by atoms with E-state index in [1.54, 1.807) is 0 Å². The lowest BCUT2D eigenvalue weighted by atomic mass is 10.1. The molecule has 0 spiro atoms. The monoisotopic (exact) mass is 194 g/mol. The molecule has 0 unspecified atom stereocenters. The fourth-order valence-corrected chi connectivity index (χ4v) is 1.58. The van der Waals surface area contributed by atoms with Crippen molar-refractivity contribution >= 4 is 0 Å². The van der Waals surface area contributed by atoms with Crippen molar-refractivity contribution < 1.29 is 4.52 Å². The summed E-state index contributed by atoms with van der Waals surface area (Å²) < 4.78 is 5.36. The van der Waals surface area contributed by atoms with Crippen LogP contribution >= 0.6 is 0 Å². The van der Waals surface area contributed by atoms with E-state index in [1.807, 2.05) is 0 Å². The molecular formula is C11H18N2O. The van der Waals surface area contributed by atoms with Crippen LogP contribution in [0.25, 0.3) is 0 Å². The Balaban J connectivity index is 2.03. The Kier molecular flexibility index (Phi) is 2.59. The van der Waals surface area contributed by atoms with Crippen molar-refractivity contribution in [2.24, 2.45) is 0 Å². The second-order valence-corrected chi connectivity index (χ2v) is 4.43. The third-order valence-corrected chi connectivity index (χ3v) is 2.68. The van der Waals surface area contributed by atoms with Crippen molar-refractivity contribution in [2.45, 2.75) is 52.1 Å². The van der Waals surface area contributed by atoms with Crippen LogP contribution in [-0.4, -0.2) is 11.2 Å². The largest absolute Gasteiger partial charge is 0.361 e. The van der Waals surface area contributed by atoms with Crippen LogP contribution in [0, 0.1) is 6.92 Å². The fourth-order valence-electron chi connectivity index (χ4n) is 1.58. The van der Waals surface area contributed by atoms with Crippen LogP contribution in [0.3, 0.4) is 0 Å². The van der Waals surface area contributed by atoms with Crippen molar-refractivity contribution in [3.8, 4) is 0 Å². The van der Waals surface area contributed by atoms with Crippen LogP contribution in [0.2, 0.25) is 0 Å². The lowest BCUT2D eigenvalue weighted by Gasteiger charge is -2.05. The van der Waals surface area contributed by atoms with Gasteiger partial charge in [0.15, 0.2) is 0 Å².